The van der Waals surface area contributed by atoms with Gasteiger partial charge in [0.25, 0.3) is 0 Å². The Kier molecular flexibility index (Phi) is 4.43. The second kappa shape index (κ2) is 5.62. The molecule has 1 aromatic carbocycles. The van der Waals surface area contributed by atoms with Crippen molar-refractivity contribution in [1.82, 2.24) is 5.48 Å². The van der Waals surface area contributed by atoms with Gasteiger partial charge in [0.2, 0.25) is 0 Å². The van der Waals surface area contributed by atoms with Gasteiger partial charge in [-0.15, -0.1) is 0 Å². The summed E-state index contributed by atoms with van der Waals surface area (Å²) in [6.07, 6.45) is 0. The van der Waals surface area contributed by atoms with Crippen LogP contribution in [0.3, 0.4) is 0 Å². The molecule has 0 unspecified atom stereocenters. The first-order valence-corrected chi connectivity index (χ1v) is 4.84. The summed E-state index contributed by atoms with van der Waals surface area (Å²) in [5.41, 5.74) is 3.26. The van der Waals surface area contributed by atoms with Gasteiger partial charge in [0.15, 0.2) is 0 Å². The first kappa shape index (κ1) is 11.0. The fraction of sp³-hybridized carbons (Fsp3) is 0.455. The number of ether oxygens (including phenoxy) is 1. The number of hydroxylamine groups is 1. The Hall–Kier alpha value is -1.06. The van der Waals surface area contributed by atoms with Gasteiger partial charge < -0.3 is 9.94 Å². The highest BCUT2D eigenvalue weighted by Gasteiger charge is 2.05. The van der Waals surface area contributed by atoms with Crippen LogP contribution in [0.1, 0.15) is 25.3 Å². The van der Waals surface area contributed by atoms with Gasteiger partial charge in [-0.1, -0.05) is 32.0 Å². The van der Waals surface area contributed by atoms with Gasteiger partial charge in [0.1, 0.15) is 12.4 Å². The first-order valence-electron chi connectivity index (χ1n) is 4.84. The molecule has 0 aromatic heterocycles. The molecule has 0 amide bonds. The van der Waals surface area contributed by atoms with Crippen LogP contribution in [0.15, 0.2) is 24.3 Å². The van der Waals surface area contributed by atoms with E-state index in [1.165, 1.54) is 5.56 Å². The SMILES string of the molecule is CC(C)c1ccccc1OCCNO. The Bertz CT molecular complexity index is 274. The summed E-state index contributed by atoms with van der Waals surface area (Å²) < 4.78 is 5.52. The predicted molar refractivity (Wildman–Crippen MR) is 55.8 cm³/mol. The lowest BCUT2D eigenvalue weighted by Gasteiger charge is -2.13. The average Bonchev–Trinajstić information content (AvgIpc) is 2.19. The van der Waals surface area contributed by atoms with E-state index in [2.05, 4.69) is 25.4 Å². The van der Waals surface area contributed by atoms with Crippen molar-refractivity contribution in [2.45, 2.75) is 19.8 Å². The van der Waals surface area contributed by atoms with Gasteiger partial charge in [-0.05, 0) is 17.5 Å². The zero-order valence-electron chi connectivity index (χ0n) is 8.66. The molecular formula is C11H17NO2. The maximum absolute atomic E-state index is 8.39. The Morgan fingerprint density at radius 1 is 1.36 bits per heavy atom. The maximum atomic E-state index is 8.39. The van der Waals surface area contributed by atoms with E-state index in [0.29, 0.717) is 19.1 Å². The average molecular weight is 195 g/mol. The molecule has 78 valence electrons. The highest BCUT2D eigenvalue weighted by atomic mass is 16.5. The third-order valence-corrected chi connectivity index (χ3v) is 2.01. The molecule has 0 spiro atoms. The first-order chi connectivity index (χ1) is 6.75. The number of benzene rings is 1. The van der Waals surface area contributed by atoms with Crippen LogP contribution in [0.2, 0.25) is 0 Å². The largest absolute Gasteiger partial charge is 0.492 e. The Balaban J connectivity index is 2.64. The molecule has 0 aliphatic carbocycles. The highest BCUT2D eigenvalue weighted by Crippen LogP contribution is 2.25. The molecule has 0 aliphatic heterocycles. The topological polar surface area (TPSA) is 41.5 Å². The molecule has 0 bridgehead atoms. The molecule has 0 aliphatic rings. The minimum atomic E-state index is 0.437. The number of nitrogens with one attached hydrogen (secondary N) is 1. The minimum absolute atomic E-state index is 0.437. The normalized spacial score (nSPS) is 10.6. The summed E-state index contributed by atoms with van der Waals surface area (Å²) in [4.78, 5) is 0. The van der Waals surface area contributed by atoms with Crippen LogP contribution >= 0.6 is 0 Å². The zero-order chi connectivity index (χ0) is 10.4. The van der Waals surface area contributed by atoms with E-state index in [9.17, 15) is 0 Å². The minimum Gasteiger partial charge on any atom is -0.492 e. The van der Waals surface area contributed by atoms with E-state index in [-0.39, 0.29) is 0 Å². The quantitative estimate of drug-likeness (QED) is 0.559. The molecule has 0 saturated carbocycles. The summed E-state index contributed by atoms with van der Waals surface area (Å²) >= 11 is 0. The summed E-state index contributed by atoms with van der Waals surface area (Å²) in [7, 11) is 0. The van der Waals surface area contributed by atoms with Crippen LogP contribution < -0.4 is 10.2 Å². The molecule has 3 nitrogen and oxygen atoms in total. The Labute approximate surface area is 84.7 Å². The van der Waals surface area contributed by atoms with Gasteiger partial charge in [0.05, 0.1) is 6.54 Å². The van der Waals surface area contributed by atoms with Gasteiger partial charge in [-0.2, -0.15) is 0 Å². The highest BCUT2D eigenvalue weighted by molar-refractivity contribution is 5.35. The third-order valence-electron chi connectivity index (χ3n) is 2.01. The number of para-hydroxylation sites is 1. The molecule has 0 saturated heterocycles. The van der Waals surface area contributed by atoms with Crippen molar-refractivity contribution in [3.63, 3.8) is 0 Å². The van der Waals surface area contributed by atoms with Gasteiger partial charge in [0, 0.05) is 0 Å². The molecule has 0 fully saturated rings. The number of hydrogen-bond acceptors (Lipinski definition) is 3. The van der Waals surface area contributed by atoms with Crippen LogP contribution in [0.5, 0.6) is 5.75 Å². The number of rotatable bonds is 5. The molecule has 0 atom stereocenters. The van der Waals surface area contributed by atoms with Crippen LogP contribution in [0, 0.1) is 0 Å². The molecule has 14 heavy (non-hydrogen) atoms. The maximum Gasteiger partial charge on any atom is 0.122 e. The molecule has 3 heteroatoms. The van der Waals surface area contributed by atoms with E-state index in [1.54, 1.807) is 0 Å². The van der Waals surface area contributed by atoms with E-state index < -0.39 is 0 Å². The summed E-state index contributed by atoms with van der Waals surface area (Å²) in [5, 5.41) is 8.39. The second-order valence-corrected chi connectivity index (χ2v) is 3.45. The fourth-order valence-electron chi connectivity index (χ4n) is 1.30. The smallest absolute Gasteiger partial charge is 0.122 e. The molecular weight excluding hydrogens is 178 g/mol. The molecule has 1 aromatic rings. The molecule has 0 radical (unpaired) electrons. The summed E-state index contributed by atoms with van der Waals surface area (Å²) in [6.45, 7) is 5.17. The second-order valence-electron chi connectivity index (χ2n) is 3.45. The Morgan fingerprint density at radius 2 is 2.07 bits per heavy atom. The summed E-state index contributed by atoms with van der Waals surface area (Å²) in [5.74, 6) is 1.35. The lowest BCUT2D eigenvalue weighted by Crippen LogP contribution is -2.17. The van der Waals surface area contributed by atoms with Crippen molar-refractivity contribution in [1.29, 1.82) is 0 Å². The van der Waals surface area contributed by atoms with Crippen molar-refractivity contribution < 1.29 is 9.94 Å². The molecule has 0 heterocycles. The van der Waals surface area contributed by atoms with E-state index in [0.717, 1.165) is 5.75 Å². The standard InChI is InChI=1S/C11H17NO2/c1-9(2)10-5-3-4-6-11(10)14-8-7-12-13/h3-6,9,12-13H,7-8H2,1-2H3. The van der Waals surface area contributed by atoms with Gasteiger partial charge in [-0.25, -0.2) is 5.48 Å². The lowest BCUT2D eigenvalue weighted by molar-refractivity contribution is 0.145. The van der Waals surface area contributed by atoms with Crippen molar-refractivity contribution in [3.8, 4) is 5.75 Å². The van der Waals surface area contributed by atoms with E-state index in [4.69, 9.17) is 9.94 Å². The lowest BCUT2D eigenvalue weighted by atomic mass is 10.0. The zero-order valence-corrected chi connectivity index (χ0v) is 8.66. The van der Waals surface area contributed by atoms with Crippen molar-refractivity contribution in [3.05, 3.63) is 29.8 Å². The number of hydrogen-bond donors (Lipinski definition) is 2. The monoisotopic (exact) mass is 195 g/mol. The fourth-order valence-corrected chi connectivity index (χ4v) is 1.30. The Morgan fingerprint density at radius 3 is 2.71 bits per heavy atom. The van der Waals surface area contributed by atoms with E-state index >= 15 is 0 Å². The van der Waals surface area contributed by atoms with Crippen molar-refractivity contribution >= 4 is 0 Å². The molecule has 1 rings (SSSR count). The third kappa shape index (κ3) is 3.01. The van der Waals surface area contributed by atoms with Crippen LogP contribution in [0.25, 0.3) is 0 Å². The van der Waals surface area contributed by atoms with Crippen molar-refractivity contribution in [2.75, 3.05) is 13.2 Å². The van der Waals surface area contributed by atoms with Gasteiger partial charge >= 0.3 is 0 Å². The van der Waals surface area contributed by atoms with Gasteiger partial charge in [-0.3, -0.25) is 0 Å². The van der Waals surface area contributed by atoms with Crippen LogP contribution in [-0.4, -0.2) is 18.4 Å². The molecule has 2 N–H and O–H groups in total. The van der Waals surface area contributed by atoms with Crippen LogP contribution in [0.4, 0.5) is 0 Å². The van der Waals surface area contributed by atoms with Crippen molar-refractivity contribution in [2.24, 2.45) is 0 Å². The predicted octanol–water partition coefficient (Wildman–Crippen LogP) is 2.17. The van der Waals surface area contributed by atoms with E-state index in [1.807, 2.05) is 18.2 Å². The van der Waals surface area contributed by atoms with Crippen LogP contribution in [-0.2, 0) is 0 Å². The summed E-state index contributed by atoms with van der Waals surface area (Å²) in [6, 6.07) is 7.97.